The molecule has 1 aliphatic heterocycles. The molecule has 3 N–H and O–H groups in total. The van der Waals surface area contributed by atoms with Crippen LogP contribution in [0.25, 0.3) is 11.8 Å². The average molecular weight is 378 g/mol. The predicted octanol–water partition coefficient (Wildman–Crippen LogP) is 3.96. The summed E-state index contributed by atoms with van der Waals surface area (Å²) < 4.78 is 11.4. The van der Waals surface area contributed by atoms with Crippen molar-refractivity contribution in [1.29, 1.82) is 0 Å². The third-order valence-electron chi connectivity index (χ3n) is 4.08. The number of phenols is 2. The highest BCUT2D eigenvalue weighted by Crippen LogP contribution is 2.36. The first kappa shape index (κ1) is 19.8. The lowest BCUT2D eigenvalue weighted by Crippen LogP contribution is -2.22. The standard InChI is InChI=1S/C20H23NO4.ClH/c1-3-24-19-11-14-7-8-21-16(15(14)12-20(19)25-4-2)9-13-5-6-17(22)18(23)10-13;/h5-6,9-12,21-23H,3-4,7-8H2,1-2H3;1H/b16-9-;. The Morgan fingerprint density at radius 1 is 1.00 bits per heavy atom. The van der Waals surface area contributed by atoms with Crippen molar-refractivity contribution in [2.75, 3.05) is 19.8 Å². The van der Waals surface area contributed by atoms with E-state index in [1.165, 1.54) is 17.7 Å². The molecule has 0 saturated carbocycles. The summed E-state index contributed by atoms with van der Waals surface area (Å²) >= 11 is 0. The van der Waals surface area contributed by atoms with Crippen molar-refractivity contribution in [3.63, 3.8) is 0 Å². The van der Waals surface area contributed by atoms with Gasteiger partial charge in [-0.15, -0.1) is 12.4 Å². The predicted molar refractivity (Wildman–Crippen MR) is 105 cm³/mol. The van der Waals surface area contributed by atoms with Crippen LogP contribution < -0.4 is 14.8 Å². The smallest absolute Gasteiger partial charge is 0.161 e. The van der Waals surface area contributed by atoms with Gasteiger partial charge in [0.1, 0.15) is 0 Å². The van der Waals surface area contributed by atoms with Gasteiger partial charge in [0, 0.05) is 17.8 Å². The molecule has 0 aromatic heterocycles. The first-order valence-corrected chi connectivity index (χ1v) is 8.52. The number of nitrogens with one attached hydrogen (secondary N) is 1. The Hall–Kier alpha value is -2.53. The minimum absolute atomic E-state index is 0. The van der Waals surface area contributed by atoms with Gasteiger partial charge in [-0.3, -0.25) is 0 Å². The van der Waals surface area contributed by atoms with E-state index in [0.717, 1.165) is 41.3 Å². The second-order valence-electron chi connectivity index (χ2n) is 5.81. The summed E-state index contributed by atoms with van der Waals surface area (Å²) in [5.74, 6) is 1.24. The first-order valence-electron chi connectivity index (χ1n) is 8.52. The summed E-state index contributed by atoms with van der Waals surface area (Å²) in [7, 11) is 0. The Morgan fingerprint density at radius 3 is 2.35 bits per heavy atom. The van der Waals surface area contributed by atoms with E-state index >= 15 is 0 Å². The quantitative estimate of drug-likeness (QED) is 0.688. The molecule has 1 aliphatic rings. The Balaban J connectivity index is 0.00000243. The minimum Gasteiger partial charge on any atom is -0.504 e. The molecule has 0 unspecified atom stereocenters. The van der Waals surface area contributed by atoms with Crippen molar-refractivity contribution in [2.45, 2.75) is 20.3 Å². The summed E-state index contributed by atoms with van der Waals surface area (Å²) in [6.45, 7) is 5.88. The number of hydrogen-bond donors (Lipinski definition) is 3. The third-order valence-corrected chi connectivity index (χ3v) is 4.08. The Bertz CT molecular complexity index is 805. The summed E-state index contributed by atoms with van der Waals surface area (Å²) in [4.78, 5) is 0. The maximum atomic E-state index is 9.70. The van der Waals surface area contributed by atoms with Gasteiger partial charge >= 0.3 is 0 Å². The summed E-state index contributed by atoms with van der Waals surface area (Å²) in [5, 5.41) is 22.6. The number of aromatic hydroxyl groups is 2. The van der Waals surface area contributed by atoms with Crippen LogP contribution in [0.1, 0.15) is 30.5 Å². The molecule has 1 heterocycles. The maximum Gasteiger partial charge on any atom is 0.161 e. The minimum atomic E-state index is -0.132. The molecule has 140 valence electrons. The van der Waals surface area contributed by atoms with E-state index in [2.05, 4.69) is 5.32 Å². The highest BCUT2D eigenvalue weighted by molar-refractivity contribution is 5.85. The molecule has 0 fully saturated rings. The third kappa shape index (κ3) is 4.17. The van der Waals surface area contributed by atoms with Crippen LogP contribution in [-0.4, -0.2) is 30.0 Å². The molecule has 0 radical (unpaired) electrons. The monoisotopic (exact) mass is 377 g/mol. The highest BCUT2D eigenvalue weighted by atomic mass is 35.5. The maximum absolute atomic E-state index is 9.70. The van der Waals surface area contributed by atoms with E-state index < -0.39 is 0 Å². The molecular formula is C20H24ClNO4. The van der Waals surface area contributed by atoms with Gasteiger partial charge < -0.3 is 25.0 Å². The normalized spacial score (nSPS) is 14.2. The zero-order valence-electron chi connectivity index (χ0n) is 14.9. The van der Waals surface area contributed by atoms with E-state index in [0.29, 0.717) is 13.2 Å². The van der Waals surface area contributed by atoms with Gasteiger partial charge in [0.05, 0.1) is 13.2 Å². The molecule has 0 bridgehead atoms. The fourth-order valence-corrected chi connectivity index (χ4v) is 2.95. The summed E-state index contributed by atoms with van der Waals surface area (Å²) in [5.41, 5.74) is 4.01. The molecule has 0 saturated heterocycles. The SMILES string of the molecule is CCOc1cc2c(cc1OCC)/C(=C/c1ccc(O)c(O)c1)NCC2.Cl. The largest absolute Gasteiger partial charge is 0.504 e. The van der Waals surface area contributed by atoms with E-state index in [-0.39, 0.29) is 23.9 Å². The van der Waals surface area contributed by atoms with Gasteiger partial charge in [0.25, 0.3) is 0 Å². The Morgan fingerprint density at radius 2 is 1.69 bits per heavy atom. The number of benzene rings is 2. The van der Waals surface area contributed by atoms with E-state index in [4.69, 9.17) is 9.47 Å². The topological polar surface area (TPSA) is 71.0 Å². The molecule has 26 heavy (non-hydrogen) atoms. The van der Waals surface area contributed by atoms with E-state index in [1.807, 2.05) is 32.1 Å². The van der Waals surface area contributed by atoms with Crippen molar-refractivity contribution in [1.82, 2.24) is 5.32 Å². The van der Waals surface area contributed by atoms with Crippen LogP contribution in [0.15, 0.2) is 30.3 Å². The molecule has 0 aliphatic carbocycles. The Labute approximate surface area is 159 Å². The van der Waals surface area contributed by atoms with Gasteiger partial charge in [0.2, 0.25) is 0 Å². The van der Waals surface area contributed by atoms with Crippen LogP contribution in [-0.2, 0) is 6.42 Å². The molecule has 2 aromatic carbocycles. The summed E-state index contributed by atoms with van der Waals surface area (Å²) in [6.07, 6.45) is 2.85. The number of halogens is 1. The zero-order chi connectivity index (χ0) is 17.8. The number of ether oxygens (including phenoxy) is 2. The fraction of sp³-hybridized carbons (Fsp3) is 0.300. The van der Waals surface area contributed by atoms with Gasteiger partial charge in [-0.2, -0.15) is 0 Å². The average Bonchev–Trinajstić information content (AvgIpc) is 2.60. The lowest BCUT2D eigenvalue weighted by molar-refractivity contribution is 0.287. The second-order valence-corrected chi connectivity index (χ2v) is 5.81. The summed E-state index contributed by atoms with van der Waals surface area (Å²) in [6, 6.07) is 8.83. The van der Waals surface area contributed by atoms with Gasteiger partial charge in [-0.1, -0.05) is 6.07 Å². The van der Waals surface area contributed by atoms with Gasteiger partial charge in [0.15, 0.2) is 23.0 Å². The van der Waals surface area contributed by atoms with E-state index in [9.17, 15) is 10.2 Å². The number of rotatable bonds is 5. The molecule has 2 aromatic rings. The molecule has 0 amide bonds. The van der Waals surface area contributed by atoms with Crippen molar-refractivity contribution in [2.24, 2.45) is 0 Å². The van der Waals surface area contributed by atoms with Crippen molar-refractivity contribution in [3.05, 3.63) is 47.0 Å². The fourth-order valence-electron chi connectivity index (χ4n) is 2.95. The molecule has 3 rings (SSSR count). The van der Waals surface area contributed by atoms with Crippen LogP contribution in [0.3, 0.4) is 0 Å². The molecule has 0 atom stereocenters. The molecule has 5 nitrogen and oxygen atoms in total. The van der Waals surface area contributed by atoms with E-state index in [1.54, 1.807) is 6.07 Å². The number of phenolic OH excluding ortho intramolecular Hbond substituents is 2. The lowest BCUT2D eigenvalue weighted by atomic mass is 9.96. The lowest BCUT2D eigenvalue weighted by Gasteiger charge is -2.24. The van der Waals surface area contributed by atoms with Crippen molar-refractivity contribution >= 4 is 24.2 Å². The second kappa shape index (κ2) is 8.72. The van der Waals surface area contributed by atoms with Gasteiger partial charge in [-0.25, -0.2) is 0 Å². The van der Waals surface area contributed by atoms with Crippen molar-refractivity contribution < 1.29 is 19.7 Å². The molecular weight excluding hydrogens is 354 g/mol. The van der Waals surface area contributed by atoms with Crippen LogP contribution >= 0.6 is 12.4 Å². The van der Waals surface area contributed by atoms with Gasteiger partial charge in [-0.05, 0) is 61.7 Å². The Kier molecular flexibility index (Phi) is 6.64. The van der Waals surface area contributed by atoms with Crippen LogP contribution in [0.2, 0.25) is 0 Å². The first-order chi connectivity index (χ1) is 12.1. The van der Waals surface area contributed by atoms with Crippen LogP contribution in [0, 0.1) is 0 Å². The molecule has 0 spiro atoms. The molecule has 6 heteroatoms. The number of fused-ring (bicyclic) bond motifs is 1. The highest BCUT2D eigenvalue weighted by Gasteiger charge is 2.18. The van der Waals surface area contributed by atoms with Crippen molar-refractivity contribution in [3.8, 4) is 23.0 Å². The zero-order valence-corrected chi connectivity index (χ0v) is 15.7. The van der Waals surface area contributed by atoms with Crippen LogP contribution in [0.4, 0.5) is 0 Å². The van der Waals surface area contributed by atoms with Crippen LogP contribution in [0.5, 0.6) is 23.0 Å². The number of hydrogen-bond acceptors (Lipinski definition) is 5.